The van der Waals surface area contributed by atoms with E-state index in [1.807, 2.05) is 6.92 Å². The van der Waals surface area contributed by atoms with Crippen molar-refractivity contribution in [2.24, 2.45) is 0 Å². The monoisotopic (exact) mass is 406 g/mol. The van der Waals surface area contributed by atoms with Gasteiger partial charge < -0.3 is 5.32 Å². The van der Waals surface area contributed by atoms with Gasteiger partial charge >= 0.3 is 0 Å². The highest BCUT2D eigenvalue weighted by atomic mass is 35.5. The van der Waals surface area contributed by atoms with Crippen molar-refractivity contribution < 1.29 is 13.2 Å². The molecule has 1 heterocycles. The lowest BCUT2D eigenvalue weighted by Gasteiger charge is -2.20. The molecule has 0 aliphatic carbocycles. The molecule has 0 spiro atoms. The first-order valence-corrected chi connectivity index (χ1v) is 10.9. The Balaban J connectivity index is 1.76. The molecule has 27 heavy (non-hydrogen) atoms. The summed E-state index contributed by atoms with van der Waals surface area (Å²) in [6.07, 6.45) is 3.90. The first-order chi connectivity index (χ1) is 12.9. The number of anilines is 1. The van der Waals surface area contributed by atoms with Crippen LogP contribution in [0.1, 0.15) is 41.6 Å². The van der Waals surface area contributed by atoms with Crippen LogP contribution in [0.3, 0.4) is 0 Å². The van der Waals surface area contributed by atoms with Crippen LogP contribution in [0, 0.1) is 6.92 Å². The van der Waals surface area contributed by atoms with Gasteiger partial charge in [-0.2, -0.15) is 4.31 Å². The number of nitrogens with zero attached hydrogens (tertiary/aromatic N) is 1. The zero-order valence-electron chi connectivity index (χ0n) is 15.2. The number of nitrogens with one attached hydrogen (secondary N) is 1. The van der Waals surface area contributed by atoms with Gasteiger partial charge in [0.1, 0.15) is 0 Å². The maximum absolute atomic E-state index is 12.8. The SMILES string of the molecule is Cc1c(Cl)cccc1NC(=O)c1ccc(S(=O)(=O)N2CCCCCC2)cc1. The highest BCUT2D eigenvalue weighted by molar-refractivity contribution is 7.89. The zero-order chi connectivity index (χ0) is 19.4. The van der Waals surface area contributed by atoms with Gasteiger partial charge in [-0.05, 0) is 61.7 Å². The van der Waals surface area contributed by atoms with E-state index in [1.165, 1.54) is 12.1 Å². The zero-order valence-corrected chi connectivity index (χ0v) is 16.8. The fourth-order valence-electron chi connectivity index (χ4n) is 3.15. The van der Waals surface area contributed by atoms with E-state index in [1.54, 1.807) is 34.6 Å². The Morgan fingerprint density at radius 2 is 1.63 bits per heavy atom. The minimum absolute atomic E-state index is 0.222. The van der Waals surface area contributed by atoms with Crippen molar-refractivity contribution in [3.8, 4) is 0 Å². The summed E-state index contributed by atoms with van der Waals surface area (Å²) in [6.45, 7) is 2.94. The molecule has 0 bridgehead atoms. The molecule has 1 aliphatic heterocycles. The molecule has 0 aromatic heterocycles. The third-order valence-corrected chi connectivity index (χ3v) is 7.16. The first-order valence-electron chi connectivity index (χ1n) is 9.06. The lowest BCUT2D eigenvalue weighted by Crippen LogP contribution is -2.31. The van der Waals surface area contributed by atoms with Crippen molar-refractivity contribution in [3.63, 3.8) is 0 Å². The van der Waals surface area contributed by atoms with Crippen molar-refractivity contribution in [3.05, 3.63) is 58.6 Å². The smallest absolute Gasteiger partial charge is 0.255 e. The van der Waals surface area contributed by atoms with Gasteiger partial charge in [-0.15, -0.1) is 0 Å². The minimum Gasteiger partial charge on any atom is -0.322 e. The van der Waals surface area contributed by atoms with Crippen molar-refractivity contribution in [1.82, 2.24) is 4.31 Å². The maximum atomic E-state index is 12.8. The summed E-state index contributed by atoms with van der Waals surface area (Å²) in [5.74, 6) is -0.306. The van der Waals surface area contributed by atoms with E-state index in [0.29, 0.717) is 29.4 Å². The number of rotatable bonds is 4. The Labute approximate surface area is 165 Å². The number of amides is 1. The standard InChI is InChI=1S/C20H23ClN2O3S/c1-15-18(21)7-6-8-19(15)22-20(24)16-9-11-17(12-10-16)27(25,26)23-13-4-2-3-5-14-23/h6-12H,2-5,13-14H2,1H3,(H,22,24). The normalized spacial score (nSPS) is 15.9. The second-order valence-corrected chi connectivity index (χ2v) is 9.05. The van der Waals surface area contributed by atoms with Gasteiger partial charge in [0.25, 0.3) is 5.91 Å². The highest BCUT2D eigenvalue weighted by Gasteiger charge is 2.25. The largest absolute Gasteiger partial charge is 0.322 e. The van der Waals surface area contributed by atoms with E-state index in [9.17, 15) is 13.2 Å². The van der Waals surface area contributed by atoms with Crippen molar-refractivity contribution >= 4 is 33.2 Å². The molecule has 0 radical (unpaired) electrons. The molecule has 0 unspecified atom stereocenters. The Kier molecular flexibility index (Phi) is 6.19. The van der Waals surface area contributed by atoms with Gasteiger partial charge in [-0.25, -0.2) is 8.42 Å². The fraction of sp³-hybridized carbons (Fsp3) is 0.350. The molecular formula is C20H23ClN2O3S. The number of carbonyl (C=O) groups excluding carboxylic acids is 1. The molecule has 144 valence electrons. The predicted octanol–water partition coefficient (Wildman–Crippen LogP) is 4.47. The molecule has 1 saturated heterocycles. The topological polar surface area (TPSA) is 66.5 Å². The predicted molar refractivity (Wildman–Crippen MR) is 108 cm³/mol. The number of benzene rings is 2. The van der Waals surface area contributed by atoms with Crippen LogP contribution in [0.4, 0.5) is 5.69 Å². The molecule has 3 rings (SSSR count). The lowest BCUT2D eigenvalue weighted by molar-refractivity contribution is 0.102. The Hall–Kier alpha value is -1.89. The second kappa shape index (κ2) is 8.42. The van der Waals surface area contributed by atoms with Gasteiger partial charge in [0.2, 0.25) is 10.0 Å². The molecule has 0 saturated carbocycles. The average Bonchev–Trinajstić information content (AvgIpc) is 2.95. The second-order valence-electron chi connectivity index (χ2n) is 6.71. The van der Waals surface area contributed by atoms with E-state index < -0.39 is 10.0 Å². The van der Waals surface area contributed by atoms with E-state index in [0.717, 1.165) is 31.2 Å². The third-order valence-electron chi connectivity index (χ3n) is 4.84. The first kappa shape index (κ1) is 19.9. The molecule has 1 N–H and O–H groups in total. The van der Waals surface area contributed by atoms with E-state index in [4.69, 9.17) is 11.6 Å². The number of halogens is 1. The quantitative estimate of drug-likeness (QED) is 0.814. The summed E-state index contributed by atoms with van der Waals surface area (Å²) in [6, 6.07) is 11.4. The number of sulfonamides is 1. The van der Waals surface area contributed by atoms with Crippen LogP contribution in [0.2, 0.25) is 5.02 Å². The van der Waals surface area contributed by atoms with E-state index in [-0.39, 0.29) is 10.8 Å². The molecule has 0 atom stereocenters. The number of carbonyl (C=O) groups is 1. The summed E-state index contributed by atoms with van der Waals surface area (Å²) in [5, 5.41) is 3.39. The molecule has 7 heteroatoms. The van der Waals surface area contributed by atoms with Crippen LogP contribution < -0.4 is 5.32 Å². The van der Waals surface area contributed by atoms with Gasteiger partial charge in [0.15, 0.2) is 0 Å². The highest BCUT2D eigenvalue weighted by Crippen LogP contribution is 2.24. The summed E-state index contributed by atoms with van der Waals surface area (Å²) in [5.41, 5.74) is 1.81. The van der Waals surface area contributed by atoms with Crippen molar-refractivity contribution in [2.45, 2.75) is 37.5 Å². The summed E-state index contributed by atoms with van der Waals surface area (Å²) >= 11 is 6.08. The van der Waals surface area contributed by atoms with Crippen LogP contribution in [-0.2, 0) is 10.0 Å². The van der Waals surface area contributed by atoms with Gasteiger partial charge in [-0.1, -0.05) is 30.5 Å². The fourth-order valence-corrected chi connectivity index (χ4v) is 4.84. The Bertz CT molecular complexity index is 919. The minimum atomic E-state index is -3.51. The molecule has 1 aliphatic rings. The third kappa shape index (κ3) is 4.51. The molecule has 2 aromatic carbocycles. The molecule has 1 fully saturated rings. The molecule has 5 nitrogen and oxygen atoms in total. The van der Waals surface area contributed by atoms with Gasteiger partial charge in [-0.3, -0.25) is 4.79 Å². The molecule has 2 aromatic rings. The Morgan fingerprint density at radius 1 is 1.00 bits per heavy atom. The van der Waals surface area contributed by atoms with E-state index >= 15 is 0 Å². The lowest BCUT2D eigenvalue weighted by atomic mass is 10.1. The Morgan fingerprint density at radius 3 is 2.26 bits per heavy atom. The number of hydrogen-bond donors (Lipinski definition) is 1. The maximum Gasteiger partial charge on any atom is 0.255 e. The summed E-state index contributed by atoms with van der Waals surface area (Å²) in [7, 11) is -3.51. The van der Waals surface area contributed by atoms with Gasteiger partial charge in [0.05, 0.1) is 4.90 Å². The van der Waals surface area contributed by atoms with Gasteiger partial charge in [0, 0.05) is 29.4 Å². The molecular weight excluding hydrogens is 384 g/mol. The van der Waals surface area contributed by atoms with Crippen molar-refractivity contribution in [2.75, 3.05) is 18.4 Å². The summed E-state index contributed by atoms with van der Waals surface area (Å²) < 4.78 is 27.2. The van der Waals surface area contributed by atoms with Crippen LogP contribution in [-0.4, -0.2) is 31.7 Å². The molecule has 1 amide bonds. The van der Waals surface area contributed by atoms with E-state index in [2.05, 4.69) is 5.32 Å². The van der Waals surface area contributed by atoms with Crippen LogP contribution in [0.15, 0.2) is 47.4 Å². The van der Waals surface area contributed by atoms with Crippen molar-refractivity contribution in [1.29, 1.82) is 0 Å². The summed E-state index contributed by atoms with van der Waals surface area (Å²) in [4.78, 5) is 12.7. The van der Waals surface area contributed by atoms with Crippen LogP contribution in [0.25, 0.3) is 0 Å². The van der Waals surface area contributed by atoms with Crippen LogP contribution in [0.5, 0.6) is 0 Å². The average molecular weight is 407 g/mol. The number of hydrogen-bond acceptors (Lipinski definition) is 3. The van der Waals surface area contributed by atoms with Crippen LogP contribution >= 0.6 is 11.6 Å².